The Morgan fingerprint density at radius 2 is 2.11 bits per heavy atom. The van der Waals surface area contributed by atoms with E-state index < -0.39 is 32.4 Å². The number of oxime groups is 1. The van der Waals surface area contributed by atoms with Gasteiger partial charge in [-0.15, -0.1) is 0 Å². The molecule has 7 nitrogen and oxygen atoms in total. The maximum atomic E-state index is 14.0. The number of sulfone groups is 1. The van der Waals surface area contributed by atoms with Crippen molar-refractivity contribution in [2.24, 2.45) is 12.2 Å². The first-order valence-electron chi connectivity index (χ1n) is 5.63. The Morgan fingerprint density at radius 1 is 1.47 bits per heavy atom. The highest BCUT2D eigenvalue weighted by Gasteiger charge is 2.47. The molecule has 106 valence electrons. The van der Waals surface area contributed by atoms with Gasteiger partial charge in [0, 0.05) is 7.05 Å². The van der Waals surface area contributed by atoms with Gasteiger partial charge in [-0.2, -0.15) is 5.10 Å². The highest BCUT2D eigenvalue weighted by Crippen LogP contribution is 2.29. The number of halogens is 1. The average molecular weight is 290 g/mol. The Labute approximate surface area is 110 Å². The third kappa shape index (κ3) is 2.46. The van der Waals surface area contributed by atoms with Gasteiger partial charge in [-0.3, -0.25) is 4.68 Å². The van der Waals surface area contributed by atoms with E-state index >= 15 is 0 Å². The van der Waals surface area contributed by atoms with Gasteiger partial charge in [0.25, 0.3) is 0 Å². The van der Waals surface area contributed by atoms with E-state index in [9.17, 15) is 12.8 Å². The molecule has 9 heteroatoms. The molecule has 1 aliphatic heterocycles. The van der Waals surface area contributed by atoms with Gasteiger partial charge in [0.2, 0.25) is 14.9 Å². The van der Waals surface area contributed by atoms with Gasteiger partial charge in [0.05, 0.1) is 0 Å². The van der Waals surface area contributed by atoms with Crippen LogP contribution in [0.4, 0.5) is 4.39 Å². The van der Waals surface area contributed by atoms with Gasteiger partial charge < -0.3 is 4.84 Å². The summed E-state index contributed by atoms with van der Waals surface area (Å²) in [6.07, 6.45) is -1.79. The third-order valence-electron chi connectivity index (χ3n) is 2.79. The van der Waals surface area contributed by atoms with Gasteiger partial charge in [-0.1, -0.05) is 5.16 Å². The Hall–Kier alpha value is -1.51. The van der Waals surface area contributed by atoms with Crippen molar-refractivity contribution in [2.45, 2.75) is 38.3 Å². The maximum absolute atomic E-state index is 14.0. The standard InChI is InChI=1S/C10H15FN4O3S/c1-6-12-7(15(4)13-6)5-19(16,17)9-8(11)10(2,3)18-14-9/h8H,5H2,1-4H3. The number of hydrogen-bond acceptors (Lipinski definition) is 6. The zero-order valence-corrected chi connectivity index (χ0v) is 11.9. The number of aromatic nitrogens is 3. The van der Waals surface area contributed by atoms with E-state index in [1.54, 1.807) is 14.0 Å². The molecule has 0 bridgehead atoms. The molecule has 0 radical (unpaired) electrons. The van der Waals surface area contributed by atoms with Crippen LogP contribution in [-0.2, 0) is 27.5 Å². The smallest absolute Gasteiger partial charge is 0.210 e. The molecule has 0 fully saturated rings. The number of hydrogen-bond donors (Lipinski definition) is 0. The van der Waals surface area contributed by atoms with Gasteiger partial charge in [-0.25, -0.2) is 17.8 Å². The molecule has 1 aromatic heterocycles. The van der Waals surface area contributed by atoms with Crippen molar-refractivity contribution in [3.63, 3.8) is 0 Å². The van der Waals surface area contributed by atoms with Crippen molar-refractivity contribution in [1.82, 2.24) is 14.8 Å². The summed E-state index contributed by atoms with van der Waals surface area (Å²) in [6, 6.07) is 0. The predicted octanol–water partition coefficient (Wildman–Crippen LogP) is 0.499. The van der Waals surface area contributed by atoms with Crippen LogP contribution in [0.5, 0.6) is 0 Å². The van der Waals surface area contributed by atoms with Gasteiger partial charge in [-0.05, 0) is 20.8 Å². The molecule has 0 saturated heterocycles. The third-order valence-corrected chi connectivity index (χ3v) is 4.35. The van der Waals surface area contributed by atoms with Crippen LogP contribution < -0.4 is 0 Å². The quantitative estimate of drug-likeness (QED) is 0.791. The molecule has 0 saturated carbocycles. The molecule has 0 aliphatic carbocycles. The van der Waals surface area contributed by atoms with Crippen molar-refractivity contribution in [2.75, 3.05) is 0 Å². The first-order valence-corrected chi connectivity index (χ1v) is 7.28. The van der Waals surface area contributed by atoms with E-state index in [2.05, 4.69) is 15.2 Å². The first-order chi connectivity index (χ1) is 8.63. The zero-order valence-electron chi connectivity index (χ0n) is 11.1. The Kier molecular flexibility index (Phi) is 3.12. The van der Waals surface area contributed by atoms with E-state index in [0.29, 0.717) is 5.82 Å². The fraction of sp³-hybridized carbons (Fsp3) is 0.700. The molecule has 1 atom stereocenters. The van der Waals surface area contributed by atoms with Gasteiger partial charge in [0.1, 0.15) is 17.4 Å². The van der Waals surface area contributed by atoms with E-state index in [1.807, 2.05) is 0 Å². The number of alkyl halides is 1. The topological polar surface area (TPSA) is 86.4 Å². The van der Waals surface area contributed by atoms with Crippen LogP contribution in [0.1, 0.15) is 25.5 Å². The van der Waals surface area contributed by atoms with Crippen LogP contribution in [0.2, 0.25) is 0 Å². The summed E-state index contributed by atoms with van der Waals surface area (Å²) in [5.74, 6) is 0.231. The van der Waals surface area contributed by atoms with Crippen molar-refractivity contribution in [3.8, 4) is 0 Å². The molecular weight excluding hydrogens is 275 g/mol. The molecule has 19 heavy (non-hydrogen) atoms. The fourth-order valence-electron chi connectivity index (χ4n) is 1.69. The maximum Gasteiger partial charge on any atom is 0.210 e. The van der Waals surface area contributed by atoms with E-state index in [1.165, 1.54) is 18.5 Å². The lowest BCUT2D eigenvalue weighted by atomic mass is 10.1. The molecule has 0 aromatic carbocycles. The minimum Gasteiger partial charge on any atom is -0.385 e. The van der Waals surface area contributed by atoms with Crippen molar-refractivity contribution in [1.29, 1.82) is 0 Å². The Bertz CT molecular complexity index is 635. The summed E-state index contributed by atoms with van der Waals surface area (Å²) in [7, 11) is -2.34. The van der Waals surface area contributed by atoms with Crippen molar-refractivity contribution >= 4 is 14.9 Å². The largest absolute Gasteiger partial charge is 0.385 e. The second-order valence-corrected chi connectivity index (χ2v) is 6.88. The highest BCUT2D eigenvalue weighted by molar-refractivity contribution is 8.05. The lowest BCUT2D eigenvalue weighted by Gasteiger charge is -2.17. The van der Waals surface area contributed by atoms with Crippen LogP contribution in [0.3, 0.4) is 0 Å². The second kappa shape index (κ2) is 4.26. The SMILES string of the molecule is Cc1nc(CS(=O)(=O)C2=NOC(C)(C)C2F)n(C)n1. The summed E-state index contributed by atoms with van der Waals surface area (Å²) in [5, 5.41) is 6.73. The predicted molar refractivity (Wildman–Crippen MR) is 65.9 cm³/mol. The average Bonchev–Trinajstić information content (AvgIpc) is 2.69. The number of aryl methyl sites for hydroxylation is 2. The van der Waals surface area contributed by atoms with Crippen LogP contribution in [0.25, 0.3) is 0 Å². The molecular formula is C10H15FN4O3S. The Balaban J connectivity index is 2.28. The van der Waals surface area contributed by atoms with Gasteiger partial charge >= 0.3 is 0 Å². The van der Waals surface area contributed by atoms with Crippen molar-refractivity contribution < 1.29 is 17.6 Å². The van der Waals surface area contributed by atoms with E-state index in [0.717, 1.165) is 0 Å². The summed E-state index contributed by atoms with van der Waals surface area (Å²) in [4.78, 5) is 8.80. The van der Waals surface area contributed by atoms with Crippen LogP contribution in [-0.4, -0.2) is 40.0 Å². The summed E-state index contributed by atoms with van der Waals surface area (Å²) in [6.45, 7) is 4.53. The summed E-state index contributed by atoms with van der Waals surface area (Å²) in [5.41, 5.74) is -1.27. The molecule has 1 aromatic rings. The lowest BCUT2D eigenvalue weighted by molar-refractivity contribution is -0.0232. The zero-order chi connectivity index (χ0) is 14.4. The first kappa shape index (κ1) is 13.9. The molecule has 1 unspecified atom stereocenters. The van der Waals surface area contributed by atoms with Crippen LogP contribution in [0, 0.1) is 6.92 Å². The van der Waals surface area contributed by atoms with Crippen molar-refractivity contribution in [3.05, 3.63) is 11.6 Å². The fourth-order valence-corrected chi connectivity index (χ4v) is 3.18. The second-order valence-electron chi connectivity index (χ2n) is 4.94. The Morgan fingerprint density at radius 3 is 2.53 bits per heavy atom. The molecule has 1 aliphatic rings. The van der Waals surface area contributed by atoms with Crippen LogP contribution in [0.15, 0.2) is 5.16 Å². The molecule has 0 N–H and O–H groups in total. The highest BCUT2D eigenvalue weighted by atomic mass is 32.2. The minimum absolute atomic E-state index is 0.233. The van der Waals surface area contributed by atoms with Gasteiger partial charge in [0.15, 0.2) is 11.8 Å². The van der Waals surface area contributed by atoms with E-state index in [-0.39, 0.29) is 5.82 Å². The summed E-state index contributed by atoms with van der Waals surface area (Å²) >= 11 is 0. The lowest BCUT2D eigenvalue weighted by Crippen LogP contribution is -2.38. The monoisotopic (exact) mass is 290 g/mol. The molecule has 2 rings (SSSR count). The molecule has 0 spiro atoms. The number of rotatable bonds is 2. The minimum atomic E-state index is -3.92. The summed E-state index contributed by atoms with van der Waals surface area (Å²) < 4.78 is 39.6. The van der Waals surface area contributed by atoms with Crippen LogP contribution >= 0.6 is 0 Å². The normalized spacial score (nSPS) is 22.2. The van der Waals surface area contributed by atoms with E-state index in [4.69, 9.17) is 4.84 Å². The molecule has 2 heterocycles. The molecule has 0 amide bonds. The number of nitrogens with zero attached hydrogens (tertiary/aromatic N) is 4.